The van der Waals surface area contributed by atoms with Gasteiger partial charge in [-0.3, -0.25) is 0 Å². The van der Waals surface area contributed by atoms with Gasteiger partial charge in [0.25, 0.3) is 0 Å². The van der Waals surface area contributed by atoms with Crippen molar-refractivity contribution in [3.63, 3.8) is 0 Å². The van der Waals surface area contributed by atoms with Crippen LogP contribution in [0, 0.1) is 0 Å². The summed E-state index contributed by atoms with van der Waals surface area (Å²) in [5.74, 6) is 0.867. The highest BCUT2D eigenvalue weighted by Crippen LogP contribution is 2.29. The van der Waals surface area contributed by atoms with Crippen LogP contribution in [0.5, 0.6) is 5.75 Å². The molecule has 0 amide bonds. The smallest absolute Gasteiger partial charge is 0.119 e. The first-order valence-electron chi connectivity index (χ1n) is 5.91. The summed E-state index contributed by atoms with van der Waals surface area (Å²) in [5, 5.41) is 3.34. The Hall–Kier alpha value is -0.840. The zero-order valence-electron chi connectivity index (χ0n) is 10.8. The molecule has 1 atom stereocenters. The lowest BCUT2D eigenvalue weighted by atomic mass is 9.99. The highest BCUT2D eigenvalue weighted by atomic mass is 79.9. The third kappa shape index (κ3) is 3.59. The lowest BCUT2D eigenvalue weighted by Crippen LogP contribution is -2.17. The molecule has 0 radical (unpaired) electrons. The highest BCUT2D eigenvalue weighted by molar-refractivity contribution is 9.11. The summed E-state index contributed by atoms with van der Waals surface area (Å²) in [5.41, 5.74) is 2.36. The minimum absolute atomic E-state index is 0.129. The Bertz CT molecular complexity index is 552. The van der Waals surface area contributed by atoms with Crippen LogP contribution in [0.2, 0.25) is 0 Å². The monoisotopic (exact) mass is 383 g/mol. The molecule has 19 heavy (non-hydrogen) atoms. The van der Waals surface area contributed by atoms with E-state index < -0.39 is 0 Å². The van der Waals surface area contributed by atoms with Crippen LogP contribution in [0.3, 0.4) is 0 Å². The van der Waals surface area contributed by atoms with Crippen LogP contribution >= 0.6 is 31.9 Å². The molecule has 0 fully saturated rings. The fourth-order valence-corrected chi connectivity index (χ4v) is 3.42. The van der Waals surface area contributed by atoms with Crippen LogP contribution < -0.4 is 10.1 Å². The van der Waals surface area contributed by atoms with Gasteiger partial charge in [-0.15, -0.1) is 0 Å². The second-order valence-electron chi connectivity index (χ2n) is 4.20. The molecule has 0 heterocycles. The van der Waals surface area contributed by atoms with Gasteiger partial charge in [0.2, 0.25) is 0 Å². The first-order chi connectivity index (χ1) is 9.13. The largest absolute Gasteiger partial charge is 0.497 e. The van der Waals surface area contributed by atoms with Crippen molar-refractivity contribution < 1.29 is 4.74 Å². The van der Waals surface area contributed by atoms with Crippen molar-refractivity contribution in [3.8, 4) is 5.75 Å². The van der Waals surface area contributed by atoms with E-state index in [1.807, 2.05) is 25.2 Å². The van der Waals surface area contributed by atoms with Crippen molar-refractivity contribution in [2.75, 3.05) is 14.2 Å². The topological polar surface area (TPSA) is 21.3 Å². The average molecular weight is 385 g/mol. The van der Waals surface area contributed by atoms with Gasteiger partial charge in [-0.05, 0) is 48.5 Å². The SMILES string of the molecule is CNC(c1cc(Br)cc(Br)c1)c1cccc(OC)c1. The van der Waals surface area contributed by atoms with Crippen LogP contribution in [0.4, 0.5) is 0 Å². The van der Waals surface area contributed by atoms with Gasteiger partial charge in [-0.2, -0.15) is 0 Å². The molecule has 4 heteroatoms. The fourth-order valence-electron chi connectivity index (χ4n) is 2.09. The Kier molecular flexibility index (Phi) is 5.02. The number of benzene rings is 2. The van der Waals surface area contributed by atoms with Crippen LogP contribution in [0.25, 0.3) is 0 Å². The first-order valence-corrected chi connectivity index (χ1v) is 7.50. The van der Waals surface area contributed by atoms with Crippen LogP contribution in [0.15, 0.2) is 51.4 Å². The van der Waals surface area contributed by atoms with E-state index in [2.05, 4.69) is 61.4 Å². The molecule has 1 N–H and O–H groups in total. The maximum atomic E-state index is 5.29. The predicted molar refractivity (Wildman–Crippen MR) is 85.7 cm³/mol. The normalized spacial score (nSPS) is 12.2. The fraction of sp³-hybridized carbons (Fsp3) is 0.200. The number of ether oxygens (including phenoxy) is 1. The number of hydrogen-bond donors (Lipinski definition) is 1. The van der Waals surface area contributed by atoms with Gasteiger partial charge < -0.3 is 10.1 Å². The summed E-state index contributed by atoms with van der Waals surface area (Å²) in [4.78, 5) is 0. The summed E-state index contributed by atoms with van der Waals surface area (Å²) in [7, 11) is 3.64. The third-order valence-electron chi connectivity index (χ3n) is 2.93. The number of hydrogen-bond acceptors (Lipinski definition) is 2. The quantitative estimate of drug-likeness (QED) is 0.836. The molecule has 100 valence electrons. The van der Waals surface area contributed by atoms with Gasteiger partial charge in [-0.25, -0.2) is 0 Å². The molecular formula is C15H15Br2NO. The highest BCUT2D eigenvalue weighted by Gasteiger charge is 2.13. The molecule has 0 aliphatic rings. The van der Waals surface area contributed by atoms with E-state index in [9.17, 15) is 0 Å². The molecule has 0 saturated heterocycles. The van der Waals surface area contributed by atoms with Crippen LogP contribution in [0.1, 0.15) is 17.2 Å². The van der Waals surface area contributed by atoms with Gasteiger partial charge in [0.05, 0.1) is 13.2 Å². The Labute approximate surface area is 130 Å². The summed E-state index contributed by atoms with van der Waals surface area (Å²) in [6.07, 6.45) is 0. The summed E-state index contributed by atoms with van der Waals surface area (Å²) < 4.78 is 7.40. The van der Waals surface area contributed by atoms with Crippen molar-refractivity contribution in [2.45, 2.75) is 6.04 Å². The minimum Gasteiger partial charge on any atom is -0.497 e. The van der Waals surface area contributed by atoms with Crippen molar-refractivity contribution in [1.82, 2.24) is 5.32 Å². The standard InChI is InChI=1S/C15H15Br2NO/c1-18-15(10-4-3-5-14(8-10)19-2)11-6-12(16)9-13(17)7-11/h3-9,15,18H,1-2H3. The van der Waals surface area contributed by atoms with E-state index in [4.69, 9.17) is 4.74 Å². The molecule has 0 bridgehead atoms. The zero-order chi connectivity index (χ0) is 13.8. The van der Waals surface area contributed by atoms with Gasteiger partial charge in [0.1, 0.15) is 5.75 Å². The van der Waals surface area contributed by atoms with E-state index >= 15 is 0 Å². The van der Waals surface area contributed by atoms with Crippen molar-refractivity contribution >= 4 is 31.9 Å². The van der Waals surface area contributed by atoms with E-state index in [0.29, 0.717) is 0 Å². The Morgan fingerprint density at radius 1 is 1.00 bits per heavy atom. The van der Waals surface area contributed by atoms with Gasteiger partial charge >= 0.3 is 0 Å². The van der Waals surface area contributed by atoms with Gasteiger partial charge in [0.15, 0.2) is 0 Å². The van der Waals surface area contributed by atoms with Crippen molar-refractivity contribution in [2.24, 2.45) is 0 Å². The molecule has 2 nitrogen and oxygen atoms in total. The summed E-state index contributed by atoms with van der Waals surface area (Å²) >= 11 is 7.06. The van der Waals surface area contributed by atoms with Crippen molar-refractivity contribution in [1.29, 1.82) is 0 Å². The van der Waals surface area contributed by atoms with E-state index in [0.717, 1.165) is 14.7 Å². The lowest BCUT2D eigenvalue weighted by Gasteiger charge is -2.18. The molecule has 1 unspecified atom stereocenters. The molecule has 0 aliphatic heterocycles. The van der Waals surface area contributed by atoms with E-state index in [1.165, 1.54) is 11.1 Å². The Balaban J connectivity index is 2.43. The first kappa shape index (κ1) is 14.6. The predicted octanol–water partition coefficient (Wildman–Crippen LogP) is 4.53. The number of nitrogens with one attached hydrogen (secondary N) is 1. The zero-order valence-corrected chi connectivity index (χ0v) is 14.0. The summed E-state index contributed by atoms with van der Waals surface area (Å²) in [6.45, 7) is 0. The number of rotatable bonds is 4. The van der Waals surface area contributed by atoms with Crippen LogP contribution in [-0.4, -0.2) is 14.2 Å². The summed E-state index contributed by atoms with van der Waals surface area (Å²) in [6, 6.07) is 14.5. The maximum Gasteiger partial charge on any atom is 0.119 e. The molecular weight excluding hydrogens is 370 g/mol. The minimum atomic E-state index is 0.129. The second kappa shape index (κ2) is 6.55. The van der Waals surface area contributed by atoms with Crippen molar-refractivity contribution in [3.05, 3.63) is 62.5 Å². The van der Waals surface area contributed by atoms with E-state index in [-0.39, 0.29) is 6.04 Å². The average Bonchev–Trinajstić information content (AvgIpc) is 2.39. The number of methoxy groups -OCH3 is 1. The maximum absolute atomic E-state index is 5.29. The third-order valence-corrected chi connectivity index (χ3v) is 3.85. The molecule has 2 aromatic carbocycles. The Morgan fingerprint density at radius 3 is 2.26 bits per heavy atom. The molecule has 0 spiro atoms. The molecule has 2 rings (SSSR count). The molecule has 0 aliphatic carbocycles. The number of halogens is 2. The lowest BCUT2D eigenvalue weighted by molar-refractivity contribution is 0.414. The van der Waals surface area contributed by atoms with Gasteiger partial charge in [0, 0.05) is 8.95 Å². The van der Waals surface area contributed by atoms with Gasteiger partial charge in [-0.1, -0.05) is 44.0 Å². The molecule has 0 saturated carbocycles. The molecule has 0 aromatic heterocycles. The van der Waals surface area contributed by atoms with Crippen LogP contribution in [-0.2, 0) is 0 Å². The Morgan fingerprint density at radius 2 is 1.68 bits per heavy atom. The van der Waals surface area contributed by atoms with E-state index in [1.54, 1.807) is 7.11 Å². The molecule has 2 aromatic rings. The second-order valence-corrected chi connectivity index (χ2v) is 6.03.